The van der Waals surface area contributed by atoms with E-state index in [0.29, 0.717) is 0 Å². The molecule has 1 unspecified atom stereocenters. The van der Waals surface area contributed by atoms with E-state index >= 15 is 0 Å². The Hall–Kier alpha value is -1.61. The highest BCUT2D eigenvalue weighted by Gasteiger charge is 2.05. The number of aromatic nitrogens is 2. The zero-order valence-corrected chi connectivity index (χ0v) is 11.8. The Morgan fingerprint density at radius 1 is 1.21 bits per heavy atom. The Morgan fingerprint density at radius 2 is 1.95 bits per heavy atom. The summed E-state index contributed by atoms with van der Waals surface area (Å²) < 4.78 is 1.84. The first-order valence-corrected chi connectivity index (χ1v) is 6.92. The zero-order valence-electron chi connectivity index (χ0n) is 11.8. The molecule has 0 spiro atoms. The maximum Gasteiger partial charge on any atom is 0.0521 e. The van der Waals surface area contributed by atoms with Gasteiger partial charge in [0.05, 0.1) is 6.20 Å². The Morgan fingerprint density at radius 3 is 2.58 bits per heavy atom. The lowest BCUT2D eigenvalue weighted by atomic mass is 10.00. The van der Waals surface area contributed by atoms with Crippen LogP contribution in [0.4, 0.5) is 0 Å². The van der Waals surface area contributed by atoms with Crippen molar-refractivity contribution in [3.8, 4) is 0 Å². The summed E-state index contributed by atoms with van der Waals surface area (Å²) in [7, 11) is 1.95. The third kappa shape index (κ3) is 4.52. The van der Waals surface area contributed by atoms with Crippen molar-refractivity contribution in [1.82, 2.24) is 9.78 Å². The smallest absolute Gasteiger partial charge is 0.0521 e. The molecule has 2 rings (SSSR count). The van der Waals surface area contributed by atoms with E-state index < -0.39 is 0 Å². The van der Waals surface area contributed by atoms with Crippen molar-refractivity contribution in [1.29, 1.82) is 0 Å². The van der Waals surface area contributed by atoms with Crippen LogP contribution in [-0.4, -0.2) is 15.8 Å². The van der Waals surface area contributed by atoms with Gasteiger partial charge in [-0.05, 0) is 43.7 Å². The first-order valence-electron chi connectivity index (χ1n) is 6.92. The molecule has 2 N–H and O–H groups in total. The fraction of sp³-hybridized carbons (Fsp3) is 0.438. The molecule has 1 aromatic heterocycles. The number of benzene rings is 1. The van der Waals surface area contributed by atoms with Gasteiger partial charge in [-0.15, -0.1) is 0 Å². The summed E-state index contributed by atoms with van der Waals surface area (Å²) in [5.74, 6) is 0. The Balaban J connectivity index is 1.74. The van der Waals surface area contributed by atoms with Crippen molar-refractivity contribution in [3.63, 3.8) is 0 Å². The van der Waals surface area contributed by atoms with Gasteiger partial charge in [0.1, 0.15) is 0 Å². The molecule has 0 aliphatic rings. The predicted molar refractivity (Wildman–Crippen MR) is 79.0 cm³/mol. The molecule has 0 aliphatic heterocycles. The standard InChI is InChI=1S/C16H23N3/c1-13-4-3-5-14(10-13)6-8-16(17)9-7-15-11-18-19(2)12-15/h3-5,10-12,16H,6-9,17H2,1-2H3. The maximum absolute atomic E-state index is 6.19. The van der Waals surface area contributed by atoms with E-state index in [1.807, 2.05) is 17.9 Å². The van der Waals surface area contributed by atoms with E-state index in [9.17, 15) is 0 Å². The highest BCUT2D eigenvalue weighted by Crippen LogP contribution is 2.10. The van der Waals surface area contributed by atoms with Gasteiger partial charge in [0.2, 0.25) is 0 Å². The number of nitrogens with zero attached hydrogens (tertiary/aromatic N) is 2. The maximum atomic E-state index is 6.19. The number of rotatable bonds is 6. The van der Waals surface area contributed by atoms with Gasteiger partial charge in [-0.25, -0.2) is 0 Å². The van der Waals surface area contributed by atoms with Crippen LogP contribution in [0.15, 0.2) is 36.7 Å². The molecule has 0 fully saturated rings. The van der Waals surface area contributed by atoms with Crippen LogP contribution in [-0.2, 0) is 19.9 Å². The van der Waals surface area contributed by atoms with Crippen molar-refractivity contribution in [3.05, 3.63) is 53.3 Å². The van der Waals surface area contributed by atoms with Gasteiger partial charge in [-0.2, -0.15) is 5.10 Å². The van der Waals surface area contributed by atoms with Gasteiger partial charge in [0.15, 0.2) is 0 Å². The van der Waals surface area contributed by atoms with E-state index in [4.69, 9.17) is 5.73 Å². The second-order valence-electron chi connectivity index (χ2n) is 5.35. The minimum atomic E-state index is 0.265. The lowest BCUT2D eigenvalue weighted by Gasteiger charge is -2.11. The minimum Gasteiger partial charge on any atom is -0.328 e. The molecule has 1 atom stereocenters. The van der Waals surface area contributed by atoms with Crippen LogP contribution in [0, 0.1) is 6.92 Å². The SMILES string of the molecule is Cc1cccc(CCC(N)CCc2cnn(C)c2)c1. The lowest BCUT2D eigenvalue weighted by Crippen LogP contribution is -2.21. The predicted octanol–water partition coefficient (Wildman–Crippen LogP) is 2.62. The quantitative estimate of drug-likeness (QED) is 0.864. The van der Waals surface area contributed by atoms with Crippen LogP contribution in [0.25, 0.3) is 0 Å². The number of nitrogens with two attached hydrogens (primary N) is 1. The molecule has 0 saturated carbocycles. The summed E-state index contributed by atoms with van der Waals surface area (Å²) in [6.45, 7) is 2.13. The number of hydrogen-bond acceptors (Lipinski definition) is 2. The summed E-state index contributed by atoms with van der Waals surface area (Å²) >= 11 is 0. The molecule has 19 heavy (non-hydrogen) atoms. The topological polar surface area (TPSA) is 43.8 Å². The van der Waals surface area contributed by atoms with Gasteiger partial charge < -0.3 is 5.73 Å². The van der Waals surface area contributed by atoms with E-state index in [0.717, 1.165) is 25.7 Å². The highest BCUT2D eigenvalue weighted by molar-refractivity contribution is 5.22. The van der Waals surface area contributed by atoms with Crippen molar-refractivity contribution < 1.29 is 0 Å². The van der Waals surface area contributed by atoms with Gasteiger partial charge in [-0.1, -0.05) is 29.8 Å². The van der Waals surface area contributed by atoms with Crippen LogP contribution in [0.3, 0.4) is 0 Å². The number of hydrogen-bond donors (Lipinski definition) is 1. The fourth-order valence-electron chi connectivity index (χ4n) is 2.32. The van der Waals surface area contributed by atoms with Crippen LogP contribution in [0.2, 0.25) is 0 Å². The molecule has 0 bridgehead atoms. The molecule has 0 radical (unpaired) electrons. The molecule has 2 aromatic rings. The monoisotopic (exact) mass is 257 g/mol. The normalized spacial score (nSPS) is 12.6. The highest BCUT2D eigenvalue weighted by atomic mass is 15.2. The molecular weight excluding hydrogens is 234 g/mol. The molecule has 1 aromatic carbocycles. The fourth-order valence-corrected chi connectivity index (χ4v) is 2.32. The van der Waals surface area contributed by atoms with Crippen molar-refractivity contribution >= 4 is 0 Å². The molecule has 3 nitrogen and oxygen atoms in total. The van der Waals surface area contributed by atoms with E-state index in [1.54, 1.807) is 0 Å². The Kier molecular flexibility index (Phi) is 4.74. The molecule has 0 amide bonds. The van der Waals surface area contributed by atoms with Crippen molar-refractivity contribution in [2.75, 3.05) is 0 Å². The summed E-state index contributed by atoms with van der Waals surface area (Å²) in [6, 6.07) is 8.94. The van der Waals surface area contributed by atoms with Gasteiger partial charge in [0.25, 0.3) is 0 Å². The van der Waals surface area contributed by atoms with Crippen LogP contribution in [0.1, 0.15) is 29.5 Å². The second kappa shape index (κ2) is 6.53. The summed E-state index contributed by atoms with van der Waals surface area (Å²) in [5.41, 5.74) is 10.2. The summed E-state index contributed by atoms with van der Waals surface area (Å²) in [6.07, 6.45) is 8.14. The zero-order chi connectivity index (χ0) is 13.7. The van der Waals surface area contributed by atoms with E-state index in [1.165, 1.54) is 16.7 Å². The van der Waals surface area contributed by atoms with E-state index in [-0.39, 0.29) is 6.04 Å². The molecule has 0 aliphatic carbocycles. The Labute approximate surface area is 115 Å². The largest absolute Gasteiger partial charge is 0.328 e. The molecule has 102 valence electrons. The van der Waals surface area contributed by atoms with Crippen LogP contribution < -0.4 is 5.73 Å². The Bertz CT molecular complexity index is 516. The van der Waals surface area contributed by atoms with Gasteiger partial charge in [-0.3, -0.25) is 4.68 Å². The average Bonchev–Trinajstić information content (AvgIpc) is 2.80. The van der Waals surface area contributed by atoms with Gasteiger partial charge in [0, 0.05) is 19.3 Å². The second-order valence-corrected chi connectivity index (χ2v) is 5.35. The molecule has 0 saturated heterocycles. The third-order valence-corrected chi connectivity index (χ3v) is 3.45. The van der Waals surface area contributed by atoms with E-state index in [2.05, 4.69) is 42.5 Å². The first-order chi connectivity index (χ1) is 9.13. The summed E-state index contributed by atoms with van der Waals surface area (Å²) in [5, 5.41) is 4.17. The average molecular weight is 257 g/mol. The number of aryl methyl sites for hydroxylation is 4. The minimum absolute atomic E-state index is 0.265. The lowest BCUT2D eigenvalue weighted by molar-refractivity contribution is 0.568. The van der Waals surface area contributed by atoms with Gasteiger partial charge >= 0.3 is 0 Å². The summed E-state index contributed by atoms with van der Waals surface area (Å²) in [4.78, 5) is 0. The van der Waals surface area contributed by atoms with Crippen molar-refractivity contribution in [2.24, 2.45) is 12.8 Å². The molecule has 1 heterocycles. The van der Waals surface area contributed by atoms with Crippen LogP contribution in [0.5, 0.6) is 0 Å². The third-order valence-electron chi connectivity index (χ3n) is 3.45. The van der Waals surface area contributed by atoms with Crippen molar-refractivity contribution in [2.45, 2.75) is 38.6 Å². The van der Waals surface area contributed by atoms with Crippen LogP contribution >= 0.6 is 0 Å². The molecular formula is C16H23N3. The molecule has 3 heteroatoms. The first kappa shape index (κ1) is 13.8.